The van der Waals surface area contributed by atoms with Crippen LogP contribution in [0.25, 0.3) is 0 Å². The van der Waals surface area contributed by atoms with Crippen molar-refractivity contribution >= 4 is 17.3 Å². The van der Waals surface area contributed by atoms with Crippen LogP contribution in [0.1, 0.15) is 18.4 Å². The highest BCUT2D eigenvalue weighted by molar-refractivity contribution is 5.77. The average Bonchev–Trinajstić information content (AvgIpc) is 2.32. The molecule has 4 nitrogen and oxygen atoms in total. The Kier molecular flexibility index (Phi) is 3.22. The zero-order valence-corrected chi connectivity index (χ0v) is 10.1. The van der Waals surface area contributed by atoms with Gasteiger partial charge in [-0.2, -0.15) is 0 Å². The SMILES string of the molecule is Cc1ccc(N)c(N2CCC(C(N)=O)CC2)c1. The topological polar surface area (TPSA) is 72.3 Å². The highest BCUT2D eigenvalue weighted by atomic mass is 16.1. The van der Waals surface area contributed by atoms with Gasteiger partial charge in [0.2, 0.25) is 5.91 Å². The lowest BCUT2D eigenvalue weighted by atomic mass is 9.95. The van der Waals surface area contributed by atoms with Crippen molar-refractivity contribution in [2.75, 3.05) is 23.7 Å². The number of nitrogen functional groups attached to an aromatic ring is 1. The third-order valence-corrected chi connectivity index (χ3v) is 3.42. The van der Waals surface area contributed by atoms with Gasteiger partial charge in [0.15, 0.2) is 0 Å². The van der Waals surface area contributed by atoms with Crippen LogP contribution in [0.5, 0.6) is 0 Å². The first-order valence-electron chi connectivity index (χ1n) is 5.98. The highest BCUT2D eigenvalue weighted by Gasteiger charge is 2.23. The van der Waals surface area contributed by atoms with Crippen LogP contribution in [-0.2, 0) is 4.79 Å². The first-order valence-corrected chi connectivity index (χ1v) is 5.98. The molecular formula is C13H19N3O. The number of nitrogens with two attached hydrogens (primary N) is 2. The molecule has 0 unspecified atom stereocenters. The van der Waals surface area contributed by atoms with E-state index >= 15 is 0 Å². The Morgan fingerprint density at radius 3 is 2.59 bits per heavy atom. The van der Waals surface area contributed by atoms with Crippen LogP contribution in [0.4, 0.5) is 11.4 Å². The summed E-state index contributed by atoms with van der Waals surface area (Å²) in [6.07, 6.45) is 1.64. The lowest BCUT2D eigenvalue weighted by molar-refractivity contribution is -0.122. The molecule has 0 bridgehead atoms. The van der Waals surface area contributed by atoms with Crippen LogP contribution in [0.2, 0.25) is 0 Å². The Morgan fingerprint density at radius 1 is 1.35 bits per heavy atom. The first-order chi connectivity index (χ1) is 8.08. The number of anilines is 2. The van der Waals surface area contributed by atoms with Crippen LogP contribution >= 0.6 is 0 Å². The molecule has 92 valence electrons. The summed E-state index contributed by atoms with van der Waals surface area (Å²) in [5.74, 6) is -0.154. The summed E-state index contributed by atoms with van der Waals surface area (Å²) < 4.78 is 0. The van der Waals surface area contributed by atoms with Gasteiger partial charge < -0.3 is 16.4 Å². The van der Waals surface area contributed by atoms with Crippen molar-refractivity contribution in [3.05, 3.63) is 23.8 Å². The summed E-state index contributed by atoms with van der Waals surface area (Å²) in [5.41, 5.74) is 14.4. The van der Waals surface area contributed by atoms with E-state index in [0.29, 0.717) is 0 Å². The largest absolute Gasteiger partial charge is 0.397 e. The van der Waals surface area contributed by atoms with Crippen LogP contribution < -0.4 is 16.4 Å². The number of primary amides is 1. The molecule has 1 aliphatic rings. The Bertz CT molecular complexity index is 423. The minimum atomic E-state index is -0.179. The number of amides is 1. The molecule has 0 saturated carbocycles. The van der Waals surface area contributed by atoms with Gasteiger partial charge in [0, 0.05) is 19.0 Å². The molecule has 1 aromatic carbocycles. The summed E-state index contributed by atoms with van der Waals surface area (Å²) >= 11 is 0. The van der Waals surface area contributed by atoms with Gasteiger partial charge in [0.25, 0.3) is 0 Å². The number of aryl methyl sites for hydroxylation is 1. The van der Waals surface area contributed by atoms with Crippen molar-refractivity contribution in [2.24, 2.45) is 11.7 Å². The van der Waals surface area contributed by atoms with Crippen LogP contribution in [0, 0.1) is 12.8 Å². The van der Waals surface area contributed by atoms with Gasteiger partial charge in [-0.15, -0.1) is 0 Å². The van der Waals surface area contributed by atoms with Gasteiger partial charge >= 0.3 is 0 Å². The summed E-state index contributed by atoms with van der Waals surface area (Å²) in [6.45, 7) is 3.75. The minimum absolute atomic E-state index is 0.0253. The van der Waals surface area contributed by atoms with Gasteiger partial charge in [0.1, 0.15) is 0 Å². The van der Waals surface area contributed by atoms with Gasteiger partial charge in [-0.05, 0) is 37.5 Å². The van der Waals surface area contributed by atoms with Crippen LogP contribution in [0.3, 0.4) is 0 Å². The predicted molar refractivity (Wildman–Crippen MR) is 69.7 cm³/mol. The first kappa shape index (κ1) is 11.8. The molecule has 0 spiro atoms. The maximum atomic E-state index is 11.1. The number of rotatable bonds is 2. The summed E-state index contributed by atoms with van der Waals surface area (Å²) in [7, 11) is 0. The maximum Gasteiger partial charge on any atom is 0.220 e. The molecule has 1 fully saturated rings. The fraction of sp³-hybridized carbons (Fsp3) is 0.462. The quantitative estimate of drug-likeness (QED) is 0.756. The number of hydrogen-bond acceptors (Lipinski definition) is 3. The lowest BCUT2D eigenvalue weighted by Crippen LogP contribution is -2.38. The molecule has 1 saturated heterocycles. The second-order valence-corrected chi connectivity index (χ2v) is 4.73. The van der Waals surface area contributed by atoms with E-state index in [0.717, 1.165) is 37.3 Å². The van der Waals surface area contributed by atoms with E-state index in [2.05, 4.69) is 17.9 Å². The van der Waals surface area contributed by atoms with Crippen molar-refractivity contribution in [1.82, 2.24) is 0 Å². The normalized spacial score (nSPS) is 17.1. The van der Waals surface area contributed by atoms with Crippen molar-refractivity contribution in [2.45, 2.75) is 19.8 Å². The molecule has 4 heteroatoms. The molecule has 17 heavy (non-hydrogen) atoms. The monoisotopic (exact) mass is 233 g/mol. The van der Waals surface area contributed by atoms with E-state index in [1.54, 1.807) is 0 Å². The second-order valence-electron chi connectivity index (χ2n) is 4.73. The second kappa shape index (κ2) is 4.65. The highest BCUT2D eigenvalue weighted by Crippen LogP contribution is 2.28. The van der Waals surface area contributed by atoms with Gasteiger partial charge in [-0.1, -0.05) is 6.07 Å². The number of nitrogens with zero attached hydrogens (tertiary/aromatic N) is 1. The molecule has 0 atom stereocenters. The summed E-state index contributed by atoms with van der Waals surface area (Å²) in [6, 6.07) is 6.04. The molecule has 0 aliphatic carbocycles. The third kappa shape index (κ3) is 2.52. The van der Waals surface area contributed by atoms with E-state index in [1.165, 1.54) is 5.56 Å². The fourth-order valence-corrected chi connectivity index (χ4v) is 2.33. The number of benzene rings is 1. The summed E-state index contributed by atoms with van der Waals surface area (Å²) in [4.78, 5) is 13.3. The van der Waals surface area contributed by atoms with E-state index in [4.69, 9.17) is 11.5 Å². The zero-order valence-electron chi connectivity index (χ0n) is 10.1. The van der Waals surface area contributed by atoms with Crippen LogP contribution in [-0.4, -0.2) is 19.0 Å². The molecular weight excluding hydrogens is 214 g/mol. The van der Waals surface area contributed by atoms with E-state index in [9.17, 15) is 4.79 Å². The van der Waals surface area contributed by atoms with Gasteiger partial charge in [-0.25, -0.2) is 0 Å². The summed E-state index contributed by atoms with van der Waals surface area (Å²) in [5, 5.41) is 0. The van der Waals surface area contributed by atoms with Crippen molar-refractivity contribution in [1.29, 1.82) is 0 Å². The van der Waals surface area contributed by atoms with Crippen molar-refractivity contribution in [3.63, 3.8) is 0 Å². The predicted octanol–water partition coefficient (Wildman–Crippen LogP) is 1.28. The Labute approximate surface area is 102 Å². The van der Waals surface area contributed by atoms with Gasteiger partial charge in [-0.3, -0.25) is 4.79 Å². The standard InChI is InChI=1S/C13H19N3O/c1-9-2-3-11(14)12(8-9)16-6-4-10(5-7-16)13(15)17/h2-3,8,10H,4-7,14H2,1H3,(H2,15,17). The molecule has 0 aromatic heterocycles. The Hall–Kier alpha value is -1.71. The molecule has 1 heterocycles. The number of carbonyl (C=O) groups excluding carboxylic acids is 1. The Morgan fingerprint density at radius 2 is 2.00 bits per heavy atom. The number of piperidine rings is 1. The molecule has 1 amide bonds. The van der Waals surface area contributed by atoms with E-state index < -0.39 is 0 Å². The molecule has 2 rings (SSSR count). The van der Waals surface area contributed by atoms with Gasteiger partial charge in [0.05, 0.1) is 11.4 Å². The van der Waals surface area contributed by atoms with Crippen LogP contribution in [0.15, 0.2) is 18.2 Å². The third-order valence-electron chi connectivity index (χ3n) is 3.42. The number of carbonyl (C=O) groups is 1. The van der Waals surface area contributed by atoms with E-state index in [-0.39, 0.29) is 11.8 Å². The smallest absolute Gasteiger partial charge is 0.220 e. The molecule has 0 radical (unpaired) electrons. The molecule has 1 aliphatic heterocycles. The maximum absolute atomic E-state index is 11.1. The molecule has 4 N–H and O–H groups in total. The Balaban J connectivity index is 2.10. The molecule has 1 aromatic rings. The number of hydrogen-bond donors (Lipinski definition) is 2. The zero-order chi connectivity index (χ0) is 12.4. The minimum Gasteiger partial charge on any atom is -0.397 e. The lowest BCUT2D eigenvalue weighted by Gasteiger charge is -2.33. The van der Waals surface area contributed by atoms with E-state index in [1.807, 2.05) is 12.1 Å². The average molecular weight is 233 g/mol. The van der Waals surface area contributed by atoms with Crippen molar-refractivity contribution < 1.29 is 4.79 Å². The fourth-order valence-electron chi connectivity index (χ4n) is 2.33. The van der Waals surface area contributed by atoms with Crippen molar-refractivity contribution in [3.8, 4) is 0 Å².